The van der Waals surface area contributed by atoms with Crippen LogP contribution in [0, 0.1) is 11.3 Å². The van der Waals surface area contributed by atoms with Gasteiger partial charge in [0.15, 0.2) is 0 Å². The molecular weight excluding hydrogens is 476 g/mol. The van der Waals surface area contributed by atoms with Crippen LogP contribution in [0.25, 0.3) is 11.3 Å². The number of carbonyl (C=O) groups excluding carboxylic acids is 1. The predicted molar refractivity (Wildman–Crippen MR) is 142 cm³/mol. The highest BCUT2D eigenvalue weighted by Gasteiger charge is 2.25. The van der Waals surface area contributed by atoms with Crippen molar-refractivity contribution in [3.05, 3.63) is 59.9 Å². The SMILES string of the molecule is CNC(=O)CN1CCN(c2ccc(-c3cc(C4CC4)cc(Nc4cc(C#N)ccn4)n3)cn2)CC1.Cl. The monoisotopic (exact) mass is 504 g/mol. The highest BCUT2D eigenvalue weighted by atomic mass is 35.5. The number of amides is 1. The second-order valence-corrected chi connectivity index (χ2v) is 8.95. The maximum atomic E-state index is 11.6. The molecule has 10 heteroatoms. The molecule has 0 unspecified atom stereocenters. The van der Waals surface area contributed by atoms with Crippen LogP contribution in [0.1, 0.15) is 29.9 Å². The third-order valence-corrected chi connectivity index (χ3v) is 6.43. The van der Waals surface area contributed by atoms with Gasteiger partial charge in [-0.05, 0) is 60.7 Å². The van der Waals surface area contributed by atoms with Crippen molar-refractivity contribution in [2.24, 2.45) is 0 Å². The van der Waals surface area contributed by atoms with Crippen LogP contribution in [-0.2, 0) is 4.79 Å². The lowest BCUT2D eigenvalue weighted by molar-refractivity contribution is -0.121. The van der Waals surface area contributed by atoms with Gasteiger partial charge in [-0.15, -0.1) is 12.4 Å². The molecule has 2 aliphatic rings. The topological polar surface area (TPSA) is 110 Å². The number of carbonyl (C=O) groups is 1. The molecule has 0 spiro atoms. The standard InChI is InChI=1S/C26H28N8O.ClH/c1-28-26(35)17-33-8-10-34(11-9-33)25-5-4-20(16-30-25)22-13-21(19-2-3-19)14-24(31-22)32-23-12-18(15-27)6-7-29-23;/h4-7,12-14,16,19H,2-3,8-11,17H2,1H3,(H,28,35)(H,29,31,32);1H. The number of nitriles is 1. The lowest BCUT2D eigenvalue weighted by Crippen LogP contribution is -2.49. The first-order valence-electron chi connectivity index (χ1n) is 11.9. The molecule has 9 nitrogen and oxygen atoms in total. The molecule has 0 radical (unpaired) electrons. The van der Waals surface area contributed by atoms with Gasteiger partial charge in [0, 0.05) is 51.2 Å². The fraction of sp³-hybridized carbons (Fsp3) is 0.346. The lowest BCUT2D eigenvalue weighted by Gasteiger charge is -2.34. The Bertz CT molecular complexity index is 1250. The molecule has 186 valence electrons. The van der Waals surface area contributed by atoms with Crippen LogP contribution in [-0.4, -0.2) is 65.5 Å². The number of halogens is 1. The third kappa shape index (κ3) is 6.08. The van der Waals surface area contributed by atoms with Crippen LogP contribution >= 0.6 is 12.4 Å². The van der Waals surface area contributed by atoms with Crippen LogP contribution in [0.4, 0.5) is 17.5 Å². The van der Waals surface area contributed by atoms with Crippen LogP contribution in [0.2, 0.25) is 0 Å². The van der Waals surface area contributed by atoms with Gasteiger partial charge in [-0.3, -0.25) is 9.69 Å². The summed E-state index contributed by atoms with van der Waals surface area (Å²) >= 11 is 0. The summed E-state index contributed by atoms with van der Waals surface area (Å²) in [5.74, 6) is 2.85. The number of hydrogen-bond acceptors (Lipinski definition) is 8. The van der Waals surface area contributed by atoms with Gasteiger partial charge >= 0.3 is 0 Å². The summed E-state index contributed by atoms with van der Waals surface area (Å²) in [6.45, 7) is 3.77. The van der Waals surface area contributed by atoms with E-state index in [2.05, 4.69) is 49.7 Å². The molecule has 4 heterocycles. The van der Waals surface area contributed by atoms with E-state index in [0.717, 1.165) is 43.3 Å². The molecule has 1 amide bonds. The third-order valence-electron chi connectivity index (χ3n) is 6.43. The van der Waals surface area contributed by atoms with Crippen molar-refractivity contribution in [2.45, 2.75) is 18.8 Å². The molecule has 1 aliphatic carbocycles. The van der Waals surface area contributed by atoms with Crippen molar-refractivity contribution >= 4 is 35.8 Å². The summed E-state index contributed by atoms with van der Waals surface area (Å²) < 4.78 is 0. The molecule has 3 aromatic rings. The minimum absolute atomic E-state index is 0. The van der Waals surface area contributed by atoms with E-state index in [9.17, 15) is 10.1 Å². The maximum Gasteiger partial charge on any atom is 0.233 e. The second-order valence-electron chi connectivity index (χ2n) is 8.95. The Morgan fingerprint density at radius 2 is 1.89 bits per heavy atom. The van der Waals surface area contributed by atoms with E-state index in [4.69, 9.17) is 9.97 Å². The molecule has 1 saturated heterocycles. The van der Waals surface area contributed by atoms with Crippen LogP contribution in [0.3, 0.4) is 0 Å². The Morgan fingerprint density at radius 3 is 2.56 bits per heavy atom. The highest BCUT2D eigenvalue weighted by molar-refractivity contribution is 5.85. The summed E-state index contributed by atoms with van der Waals surface area (Å²) in [6.07, 6.45) is 5.87. The zero-order chi connectivity index (χ0) is 24.2. The highest BCUT2D eigenvalue weighted by Crippen LogP contribution is 2.42. The predicted octanol–water partition coefficient (Wildman–Crippen LogP) is 3.32. The Balaban J connectivity index is 0.00000304. The summed E-state index contributed by atoms with van der Waals surface area (Å²) in [7, 11) is 1.67. The molecule has 2 fully saturated rings. The van der Waals surface area contributed by atoms with Gasteiger partial charge in [-0.2, -0.15) is 5.26 Å². The van der Waals surface area contributed by atoms with Gasteiger partial charge in [0.25, 0.3) is 0 Å². The van der Waals surface area contributed by atoms with Gasteiger partial charge in [0.05, 0.1) is 23.9 Å². The molecule has 1 saturated carbocycles. The summed E-state index contributed by atoms with van der Waals surface area (Å²) in [5, 5.41) is 15.1. The van der Waals surface area contributed by atoms with Gasteiger partial charge in [0.2, 0.25) is 5.91 Å². The van der Waals surface area contributed by atoms with E-state index in [1.807, 2.05) is 12.3 Å². The number of rotatable bonds is 7. The first-order valence-corrected chi connectivity index (χ1v) is 11.9. The van der Waals surface area contributed by atoms with E-state index in [-0.39, 0.29) is 18.3 Å². The van der Waals surface area contributed by atoms with Gasteiger partial charge < -0.3 is 15.5 Å². The van der Waals surface area contributed by atoms with Crippen molar-refractivity contribution in [1.82, 2.24) is 25.2 Å². The molecule has 0 aromatic carbocycles. The van der Waals surface area contributed by atoms with Crippen LogP contribution < -0.4 is 15.5 Å². The number of anilines is 3. The Labute approximate surface area is 217 Å². The molecule has 36 heavy (non-hydrogen) atoms. The first-order chi connectivity index (χ1) is 17.1. The molecular formula is C26H29ClN8O. The number of likely N-dealkylation sites (N-methyl/N-ethyl adjacent to an activating group) is 1. The number of piperazine rings is 1. The lowest BCUT2D eigenvalue weighted by atomic mass is 10.1. The van der Waals surface area contributed by atoms with Crippen molar-refractivity contribution in [3.63, 3.8) is 0 Å². The summed E-state index contributed by atoms with van der Waals surface area (Å²) in [6, 6.07) is 13.9. The van der Waals surface area contributed by atoms with E-state index < -0.39 is 0 Å². The van der Waals surface area contributed by atoms with Crippen LogP contribution in [0.5, 0.6) is 0 Å². The fourth-order valence-corrected chi connectivity index (χ4v) is 4.26. The minimum Gasteiger partial charge on any atom is -0.358 e. The summed E-state index contributed by atoms with van der Waals surface area (Å²) in [5.41, 5.74) is 3.62. The molecule has 1 aliphatic heterocycles. The maximum absolute atomic E-state index is 11.6. The average Bonchev–Trinajstić information content (AvgIpc) is 3.75. The van der Waals surface area contributed by atoms with E-state index >= 15 is 0 Å². The summed E-state index contributed by atoms with van der Waals surface area (Å²) in [4.78, 5) is 29.9. The largest absolute Gasteiger partial charge is 0.358 e. The fourth-order valence-electron chi connectivity index (χ4n) is 4.26. The van der Waals surface area contributed by atoms with E-state index in [1.54, 1.807) is 25.4 Å². The molecule has 2 N–H and O–H groups in total. The van der Waals surface area contributed by atoms with Crippen molar-refractivity contribution < 1.29 is 4.79 Å². The van der Waals surface area contributed by atoms with E-state index in [1.165, 1.54) is 18.4 Å². The number of nitrogens with one attached hydrogen (secondary N) is 2. The number of hydrogen-bond donors (Lipinski definition) is 2. The Morgan fingerprint density at radius 1 is 1.08 bits per heavy atom. The smallest absolute Gasteiger partial charge is 0.233 e. The number of aromatic nitrogens is 3. The van der Waals surface area contributed by atoms with Crippen molar-refractivity contribution in [3.8, 4) is 17.3 Å². The minimum atomic E-state index is 0. The normalized spacial score (nSPS) is 15.5. The van der Waals surface area contributed by atoms with Crippen LogP contribution in [0.15, 0.2) is 48.8 Å². The van der Waals surface area contributed by atoms with Crippen molar-refractivity contribution in [1.29, 1.82) is 5.26 Å². The zero-order valence-electron chi connectivity index (χ0n) is 20.1. The molecule has 0 atom stereocenters. The Kier molecular flexibility index (Phi) is 7.98. The van der Waals surface area contributed by atoms with Gasteiger partial charge in [0.1, 0.15) is 17.5 Å². The second kappa shape index (κ2) is 11.3. The molecule has 5 rings (SSSR count). The molecule has 0 bridgehead atoms. The van der Waals surface area contributed by atoms with Crippen molar-refractivity contribution in [2.75, 3.05) is 50.0 Å². The first kappa shape index (κ1) is 25.4. The zero-order valence-corrected chi connectivity index (χ0v) is 21.0. The van der Waals surface area contributed by atoms with Gasteiger partial charge in [-0.25, -0.2) is 15.0 Å². The quantitative estimate of drug-likeness (QED) is 0.504. The Hall–Kier alpha value is -3.74. The number of nitrogens with zero attached hydrogens (tertiary/aromatic N) is 6. The average molecular weight is 505 g/mol. The van der Waals surface area contributed by atoms with Gasteiger partial charge in [-0.1, -0.05) is 0 Å². The molecule has 3 aromatic heterocycles. The number of pyridine rings is 3. The van der Waals surface area contributed by atoms with E-state index in [0.29, 0.717) is 29.7 Å².